The van der Waals surface area contributed by atoms with E-state index in [0.717, 1.165) is 12.0 Å². The summed E-state index contributed by atoms with van der Waals surface area (Å²) in [5.74, 6) is -3.22. The Labute approximate surface area is 369 Å². The molecule has 0 fully saturated rings. The van der Waals surface area contributed by atoms with Crippen LogP contribution in [0.4, 0.5) is 9.59 Å². The van der Waals surface area contributed by atoms with Gasteiger partial charge in [0.1, 0.15) is 29.8 Å². The third-order valence-electron chi connectivity index (χ3n) is 9.80. The summed E-state index contributed by atoms with van der Waals surface area (Å²) in [7, 11) is 0. The molecule has 1 unspecified atom stereocenters. The fraction of sp³-hybridized carbons (Fsp3) is 0.375. The zero-order valence-electron chi connectivity index (χ0n) is 36.8. The van der Waals surface area contributed by atoms with E-state index in [2.05, 4.69) is 32.1 Å². The molecular weight excluding hydrogens is 805 g/mol. The topological polar surface area (TPSA) is 202 Å². The number of nitrogens with one attached hydrogen (secondary N) is 6. The lowest BCUT2D eigenvalue weighted by Crippen LogP contribution is -2.60. The summed E-state index contributed by atoms with van der Waals surface area (Å²) < 4.78 is 16.8. The Bertz CT molecular complexity index is 1990. The summed E-state index contributed by atoms with van der Waals surface area (Å²) in [5, 5.41) is 10.8. The van der Waals surface area contributed by atoms with Crippen molar-refractivity contribution < 1.29 is 43.0 Å². The van der Waals surface area contributed by atoms with E-state index >= 15 is 0 Å². The van der Waals surface area contributed by atoms with Crippen LogP contribution >= 0.6 is 0 Å². The third kappa shape index (κ3) is 15.0. The van der Waals surface area contributed by atoms with Crippen molar-refractivity contribution in [2.45, 2.75) is 109 Å². The van der Waals surface area contributed by atoms with Crippen molar-refractivity contribution in [3.05, 3.63) is 144 Å². The number of urea groups is 1. The molecule has 0 aliphatic heterocycles. The van der Waals surface area contributed by atoms with Crippen molar-refractivity contribution >= 4 is 35.8 Å². The molecule has 0 radical (unpaired) electrons. The molecular formula is C48H60N6O9. The van der Waals surface area contributed by atoms with Crippen molar-refractivity contribution in [1.82, 2.24) is 32.1 Å². The summed E-state index contributed by atoms with van der Waals surface area (Å²) in [6, 6.07) is 31.9. The Balaban J connectivity index is 1.64. The molecule has 4 aromatic carbocycles. The second kappa shape index (κ2) is 24.0. The molecule has 0 heterocycles. The van der Waals surface area contributed by atoms with Crippen LogP contribution in [0.5, 0.6) is 0 Å². The fourth-order valence-electron chi connectivity index (χ4n) is 6.57. The van der Waals surface area contributed by atoms with Gasteiger partial charge < -0.3 is 35.5 Å². The van der Waals surface area contributed by atoms with Gasteiger partial charge in [0.2, 0.25) is 5.91 Å². The lowest BCUT2D eigenvalue weighted by atomic mass is 9.77. The molecule has 0 spiro atoms. The number of hydrogen-bond acceptors (Lipinski definition) is 9. The van der Waals surface area contributed by atoms with E-state index in [1.54, 1.807) is 58.9 Å². The molecule has 6 N–H and O–H groups in total. The normalized spacial score (nSPS) is 13.2. The predicted molar refractivity (Wildman–Crippen MR) is 238 cm³/mol. The Kier molecular flexibility index (Phi) is 18.7. The van der Waals surface area contributed by atoms with Crippen molar-refractivity contribution in [3.63, 3.8) is 0 Å². The lowest BCUT2D eigenvalue weighted by molar-refractivity contribution is -0.151. The third-order valence-corrected chi connectivity index (χ3v) is 9.80. The molecule has 4 aromatic rings. The zero-order chi connectivity index (χ0) is 45.8. The van der Waals surface area contributed by atoms with Gasteiger partial charge >= 0.3 is 18.1 Å². The summed E-state index contributed by atoms with van der Waals surface area (Å²) in [5.41, 5.74) is 5.35. The summed E-state index contributed by atoms with van der Waals surface area (Å²) in [6.07, 6.45) is -0.667. The zero-order valence-corrected chi connectivity index (χ0v) is 36.8. The van der Waals surface area contributed by atoms with Crippen LogP contribution in [-0.4, -0.2) is 72.3 Å². The number of unbranched alkanes of at least 4 members (excludes halogenated alkanes) is 1. The highest BCUT2D eigenvalue weighted by Crippen LogP contribution is 2.37. The smallest absolute Gasteiger partial charge is 0.408 e. The van der Waals surface area contributed by atoms with Gasteiger partial charge in [0.15, 0.2) is 6.04 Å². The van der Waals surface area contributed by atoms with E-state index in [1.807, 2.05) is 104 Å². The minimum atomic E-state index is -1.64. The van der Waals surface area contributed by atoms with Crippen LogP contribution in [0.3, 0.4) is 0 Å². The molecule has 63 heavy (non-hydrogen) atoms. The van der Waals surface area contributed by atoms with Gasteiger partial charge in [0.25, 0.3) is 11.8 Å². The molecule has 0 saturated heterocycles. The van der Waals surface area contributed by atoms with Crippen LogP contribution in [0, 0.1) is 0 Å². The Morgan fingerprint density at radius 3 is 1.60 bits per heavy atom. The van der Waals surface area contributed by atoms with Crippen molar-refractivity contribution in [2.75, 3.05) is 6.61 Å². The number of hydrogen-bond donors (Lipinski definition) is 6. The maximum absolute atomic E-state index is 14.5. The van der Waals surface area contributed by atoms with Crippen LogP contribution < -0.4 is 32.1 Å². The molecule has 0 aliphatic rings. The molecule has 0 bridgehead atoms. The number of ether oxygens (including phenoxy) is 3. The second-order valence-corrected chi connectivity index (χ2v) is 15.9. The SMILES string of the molecule is CCCCOC(C)[C@H](NC(=O)N[C@@H](CC(=O)NC(c1ccccc1)(c1ccccc1)c1ccccc1)C(=O)NNC(=O)[C@H](CC)NC(=O)OC(C)(C)C)C(=O)OCc1ccccc1. The van der Waals surface area contributed by atoms with Gasteiger partial charge in [-0.1, -0.05) is 142 Å². The van der Waals surface area contributed by atoms with Gasteiger partial charge in [-0.2, -0.15) is 0 Å². The molecule has 0 aromatic heterocycles. The number of alkyl carbamates (subject to hydrolysis) is 1. The van der Waals surface area contributed by atoms with E-state index in [1.165, 1.54) is 0 Å². The Morgan fingerprint density at radius 1 is 0.635 bits per heavy atom. The van der Waals surface area contributed by atoms with Crippen molar-refractivity contribution in [2.24, 2.45) is 0 Å². The molecule has 4 atom stereocenters. The summed E-state index contributed by atoms with van der Waals surface area (Å²) in [6.45, 7) is 10.5. The number of benzene rings is 4. The average molecular weight is 865 g/mol. The quantitative estimate of drug-likeness (QED) is 0.0270. The van der Waals surface area contributed by atoms with E-state index in [-0.39, 0.29) is 13.0 Å². The number of esters is 1. The summed E-state index contributed by atoms with van der Waals surface area (Å²) >= 11 is 0. The van der Waals surface area contributed by atoms with E-state index in [4.69, 9.17) is 14.2 Å². The monoisotopic (exact) mass is 864 g/mol. The first-order valence-corrected chi connectivity index (χ1v) is 21.1. The molecule has 0 aliphatic carbocycles. The highest BCUT2D eigenvalue weighted by molar-refractivity contribution is 5.95. The van der Waals surface area contributed by atoms with Crippen LogP contribution in [0.15, 0.2) is 121 Å². The lowest BCUT2D eigenvalue weighted by Gasteiger charge is -2.37. The van der Waals surface area contributed by atoms with E-state index in [0.29, 0.717) is 29.7 Å². The maximum Gasteiger partial charge on any atom is 0.408 e. The fourth-order valence-corrected chi connectivity index (χ4v) is 6.57. The number of hydrazine groups is 1. The first-order valence-electron chi connectivity index (χ1n) is 21.1. The van der Waals surface area contributed by atoms with Crippen LogP contribution in [0.25, 0.3) is 0 Å². The summed E-state index contributed by atoms with van der Waals surface area (Å²) in [4.78, 5) is 81.7. The Hall–Kier alpha value is -6.74. The van der Waals surface area contributed by atoms with Gasteiger partial charge in [-0.15, -0.1) is 0 Å². The van der Waals surface area contributed by atoms with Crippen LogP contribution in [0.1, 0.15) is 89.5 Å². The van der Waals surface area contributed by atoms with Crippen molar-refractivity contribution in [1.29, 1.82) is 0 Å². The standard InChI is InChI=1S/C48H60N6O9/c1-7-9-30-61-33(3)41(44(58)62-32-34-22-14-10-15-23-34)51-45(59)49-39(43(57)54-53-42(56)38(8-2)50-46(60)63-47(4,5)6)31-40(55)52-48(35-24-16-11-17-25-35,36-26-18-12-19-27-36)37-28-20-13-21-29-37/h10-29,33,38-39,41H,7-9,30-32H2,1-6H3,(H,50,60)(H,52,55)(H,53,56)(H,54,57)(H2,49,51,59)/t33?,38-,39-,41-/m0/s1. The second-order valence-electron chi connectivity index (χ2n) is 15.9. The molecule has 15 heteroatoms. The molecule has 4 rings (SSSR count). The molecule has 15 nitrogen and oxygen atoms in total. The van der Waals surface area contributed by atoms with Crippen LogP contribution in [0.2, 0.25) is 0 Å². The predicted octanol–water partition coefficient (Wildman–Crippen LogP) is 5.92. The average Bonchev–Trinajstić information content (AvgIpc) is 3.27. The Morgan fingerprint density at radius 2 is 1.13 bits per heavy atom. The minimum absolute atomic E-state index is 0.0699. The minimum Gasteiger partial charge on any atom is -0.459 e. The number of carbonyl (C=O) groups excluding carboxylic acids is 6. The van der Waals surface area contributed by atoms with Gasteiger partial charge in [-0.3, -0.25) is 25.2 Å². The highest BCUT2D eigenvalue weighted by Gasteiger charge is 2.39. The van der Waals surface area contributed by atoms with Gasteiger partial charge in [-0.05, 0) is 62.8 Å². The van der Waals surface area contributed by atoms with Gasteiger partial charge in [0.05, 0.1) is 12.5 Å². The molecule has 6 amide bonds. The molecule has 336 valence electrons. The maximum atomic E-state index is 14.5. The number of rotatable bonds is 20. The first-order chi connectivity index (χ1) is 30.2. The number of carbonyl (C=O) groups is 6. The first kappa shape index (κ1) is 48.9. The largest absolute Gasteiger partial charge is 0.459 e. The van der Waals surface area contributed by atoms with Gasteiger partial charge in [0, 0.05) is 6.61 Å². The van der Waals surface area contributed by atoms with Crippen LogP contribution in [-0.2, 0) is 45.5 Å². The van der Waals surface area contributed by atoms with Gasteiger partial charge in [-0.25, -0.2) is 14.4 Å². The van der Waals surface area contributed by atoms with E-state index < -0.39 is 77.6 Å². The molecule has 0 saturated carbocycles. The number of amides is 6. The van der Waals surface area contributed by atoms with E-state index in [9.17, 15) is 28.8 Å². The highest BCUT2D eigenvalue weighted by atomic mass is 16.6. The van der Waals surface area contributed by atoms with Crippen molar-refractivity contribution in [3.8, 4) is 0 Å².